The van der Waals surface area contributed by atoms with Crippen molar-refractivity contribution in [3.8, 4) is 0 Å². The quantitative estimate of drug-likeness (QED) is 0.815. The molecule has 1 aliphatic rings. The lowest BCUT2D eigenvalue weighted by Gasteiger charge is -2.31. The number of anilines is 2. The number of nitrogens with one attached hydrogen (secondary N) is 1. The number of carbonyl (C=O) groups is 1. The van der Waals surface area contributed by atoms with Crippen LogP contribution >= 0.6 is 15.9 Å². The average Bonchev–Trinajstić information content (AvgIpc) is 2.49. The Balaban J connectivity index is 2.05. The summed E-state index contributed by atoms with van der Waals surface area (Å²) in [6.07, 6.45) is 0.951. The Morgan fingerprint density at radius 3 is 2.57 bits per heavy atom. The second kappa shape index (κ2) is 5.37. The van der Waals surface area contributed by atoms with Gasteiger partial charge in [-0.15, -0.1) is 0 Å². The molecule has 4 heteroatoms. The highest BCUT2D eigenvalue weighted by Crippen LogP contribution is 2.35. The summed E-state index contributed by atoms with van der Waals surface area (Å²) in [7, 11) is 0. The summed E-state index contributed by atoms with van der Waals surface area (Å²) in [5.74, 6) is 0. The molecule has 0 aromatic heterocycles. The summed E-state index contributed by atoms with van der Waals surface area (Å²) in [5, 5.41) is 2.92. The van der Waals surface area contributed by atoms with Crippen LogP contribution in [0.15, 0.2) is 53.5 Å². The number of hydrogen-bond donors (Lipinski definition) is 1. The highest BCUT2D eigenvalue weighted by molar-refractivity contribution is 9.10. The van der Waals surface area contributed by atoms with E-state index < -0.39 is 0 Å². The van der Waals surface area contributed by atoms with Gasteiger partial charge in [-0.25, -0.2) is 4.79 Å². The second-order valence-corrected chi connectivity index (χ2v) is 5.84. The van der Waals surface area contributed by atoms with Crippen LogP contribution < -0.4 is 10.2 Å². The van der Waals surface area contributed by atoms with Gasteiger partial charge in [0.25, 0.3) is 0 Å². The lowest BCUT2D eigenvalue weighted by molar-refractivity contribution is 0.259. The van der Waals surface area contributed by atoms with Crippen molar-refractivity contribution in [1.82, 2.24) is 0 Å². The molecule has 0 spiro atoms. The van der Waals surface area contributed by atoms with Crippen molar-refractivity contribution in [2.24, 2.45) is 0 Å². The minimum Gasteiger partial charge on any atom is -0.307 e. The van der Waals surface area contributed by atoms with Crippen LogP contribution in [0.2, 0.25) is 0 Å². The number of nitrogens with zero attached hydrogens (tertiary/aromatic N) is 1. The van der Waals surface area contributed by atoms with Gasteiger partial charge in [0, 0.05) is 10.0 Å². The van der Waals surface area contributed by atoms with Crippen molar-refractivity contribution in [3.05, 3.63) is 64.6 Å². The van der Waals surface area contributed by atoms with Gasteiger partial charge in [-0.1, -0.05) is 35.5 Å². The van der Waals surface area contributed by atoms with Gasteiger partial charge in [-0.3, -0.25) is 4.90 Å². The molecule has 0 aliphatic carbocycles. The predicted octanol–water partition coefficient (Wildman–Crippen LogP) is 5.03. The molecule has 3 rings (SSSR count). The van der Waals surface area contributed by atoms with Gasteiger partial charge in [0.1, 0.15) is 0 Å². The van der Waals surface area contributed by atoms with E-state index in [9.17, 15) is 4.79 Å². The van der Waals surface area contributed by atoms with E-state index in [1.54, 1.807) is 4.90 Å². The lowest BCUT2D eigenvalue weighted by Crippen LogP contribution is -2.37. The molecule has 1 N–H and O–H groups in total. The molecular formula is C17H15BrN2O. The molecule has 1 heterocycles. The zero-order valence-electron chi connectivity index (χ0n) is 11.7. The summed E-state index contributed by atoms with van der Waals surface area (Å²) < 4.78 is 0.975. The molecule has 3 nitrogen and oxygen atoms in total. The number of benzene rings is 2. The molecule has 0 atom stereocenters. The van der Waals surface area contributed by atoms with E-state index in [1.165, 1.54) is 5.56 Å². The van der Waals surface area contributed by atoms with Crippen molar-refractivity contribution in [3.63, 3.8) is 0 Å². The van der Waals surface area contributed by atoms with Gasteiger partial charge >= 0.3 is 6.03 Å². The van der Waals surface area contributed by atoms with Gasteiger partial charge in [0.05, 0.1) is 17.1 Å². The molecule has 0 saturated carbocycles. The highest BCUT2D eigenvalue weighted by atomic mass is 79.9. The number of rotatable bonds is 2. The van der Waals surface area contributed by atoms with Crippen LogP contribution in [0.1, 0.15) is 18.1 Å². The Morgan fingerprint density at radius 2 is 1.90 bits per heavy atom. The largest absolute Gasteiger partial charge is 0.330 e. The van der Waals surface area contributed by atoms with Gasteiger partial charge in [0.15, 0.2) is 0 Å². The molecule has 2 aromatic carbocycles. The second-order valence-electron chi connectivity index (χ2n) is 4.92. The van der Waals surface area contributed by atoms with Gasteiger partial charge in [-0.05, 0) is 48.4 Å². The molecule has 0 bridgehead atoms. The van der Waals surface area contributed by atoms with Crippen LogP contribution in [0.5, 0.6) is 0 Å². The van der Waals surface area contributed by atoms with Crippen LogP contribution in [-0.2, 0) is 6.42 Å². The van der Waals surface area contributed by atoms with E-state index >= 15 is 0 Å². The Hall–Kier alpha value is -2.07. The maximum absolute atomic E-state index is 12.3. The van der Waals surface area contributed by atoms with Crippen LogP contribution in [0.3, 0.4) is 0 Å². The zero-order valence-corrected chi connectivity index (χ0v) is 13.3. The van der Waals surface area contributed by atoms with Gasteiger partial charge < -0.3 is 5.32 Å². The molecule has 0 saturated heterocycles. The first-order chi connectivity index (χ1) is 10.1. The summed E-state index contributed by atoms with van der Waals surface area (Å²) in [5.41, 5.74) is 4.51. The van der Waals surface area contributed by atoms with Gasteiger partial charge in [0.2, 0.25) is 0 Å². The number of carbonyl (C=O) groups excluding carboxylic acids is 1. The third-order valence-electron chi connectivity index (χ3n) is 3.60. The number of urea groups is 1. The molecule has 106 valence electrons. The van der Waals surface area contributed by atoms with E-state index in [2.05, 4.69) is 40.8 Å². The van der Waals surface area contributed by atoms with Crippen LogP contribution in [0.4, 0.5) is 16.2 Å². The fourth-order valence-corrected chi connectivity index (χ4v) is 2.70. The van der Waals surface area contributed by atoms with E-state index in [-0.39, 0.29) is 6.03 Å². The topological polar surface area (TPSA) is 32.3 Å². The van der Waals surface area contributed by atoms with Crippen molar-refractivity contribution < 1.29 is 4.79 Å². The highest BCUT2D eigenvalue weighted by Gasteiger charge is 2.27. The Bertz CT molecular complexity index is 722. The number of halogens is 1. The minimum absolute atomic E-state index is 0.181. The van der Waals surface area contributed by atoms with Crippen molar-refractivity contribution in [2.45, 2.75) is 13.3 Å². The number of fused-ring (bicyclic) bond motifs is 1. The maximum Gasteiger partial charge on any atom is 0.330 e. The first kappa shape index (κ1) is 13.9. The van der Waals surface area contributed by atoms with E-state index in [4.69, 9.17) is 0 Å². The van der Waals surface area contributed by atoms with Gasteiger partial charge in [-0.2, -0.15) is 0 Å². The molecule has 0 fully saturated rings. The van der Waals surface area contributed by atoms with Crippen molar-refractivity contribution in [2.75, 3.05) is 10.2 Å². The fourth-order valence-electron chi connectivity index (χ4n) is 2.44. The predicted molar refractivity (Wildman–Crippen MR) is 90.5 cm³/mol. The molecule has 2 amide bonds. The fraction of sp³-hybridized carbons (Fsp3) is 0.118. The molecule has 0 unspecified atom stereocenters. The first-order valence-corrected chi connectivity index (χ1v) is 7.58. The number of amides is 2. The Kier molecular flexibility index (Phi) is 3.55. The standard InChI is InChI=1S/C17H15BrN2O/c1-3-12-4-9-16-15(10-12)11(2)20(17(21)19-16)14-7-5-13(18)6-8-14/h4-10H,2-3H2,1H3,(H,19,21). The first-order valence-electron chi connectivity index (χ1n) is 6.79. The minimum atomic E-state index is -0.181. The SMILES string of the molecule is C=C1c2cc(CC)ccc2NC(=O)N1c1ccc(Br)cc1. The van der Waals surface area contributed by atoms with Crippen LogP contribution in [0, 0.1) is 0 Å². The third-order valence-corrected chi connectivity index (χ3v) is 4.13. The summed E-state index contributed by atoms with van der Waals surface area (Å²) >= 11 is 3.40. The summed E-state index contributed by atoms with van der Waals surface area (Å²) in [4.78, 5) is 14.0. The summed E-state index contributed by atoms with van der Waals surface area (Å²) in [6.45, 7) is 6.22. The monoisotopic (exact) mass is 342 g/mol. The Labute approximate surface area is 132 Å². The van der Waals surface area contributed by atoms with Crippen LogP contribution in [-0.4, -0.2) is 6.03 Å². The normalized spacial score (nSPS) is 13.9. The van der Waals surface area contributed by atoms with Crippen molar-refractivity contribution in [1.29, 1.82) is 0 Å². The zero-order chi connectivity index (χ0) is 15.0. The van der Waals surface area contributed by atoms with E-state index in [0.717, 1.165) is 27.8 Å². The van der Waals surface area contributed by atoms with E-state index in [0.29, 0.717) is 5.70 Å². The van der Waals surface area contributed by atoms with E-state index in [1.807, 2.05) is 36.4 Å². The average molecular weight is 343 g/mol. The smallest absolute Gasteiger partial charge is 0.307 e. The van der Waals surface area contributed by atoms with Crippen molar-refractivity contribution >= 4 is 39.0 Å². The Morgan fingerprint density at radius 1 is 1.19 bits per heavy atom. The third kappa shape index (κ3) is 2.47. The molecular weight excluding hydrogens is 328 g/mol. The molecule has 0 radical (unpaired) electrons. The lowest BCUT2D eigenvalue weighted by atomic mass is 10.0. The number of aryl methyl sites for hydroxylation is 1. The molecule has 2 aromatic rings. The summed E-state index contributed by atoms with van der Waals surface area (Å²) in [6, 6.07) is 13.5. The number of hydrogen-bond acceptors (Lipinski definition) is 1. The maximum atomic E-state index is 12.3. The van der Waals surface area contributed by atoms with Crippen LogP contribution in [0.25, 0.3) is 5.70 Å². The molecule has 1 aliphatic heterocycles. The molecule has 21 heavy (non-hydrogen) atoms.